The summed E-state index contributed by atoms with van der Waals surface area (Å²) in [6.45, 7) is 10.9. The highest BCUT2D eigenvalue weighted by molar-refractivity contribution is 7.99. The van der Waals surface area contributed by atoms with Crippen LogP contribution < -0.4 is 48.3 Å². The maximum atomic E-state index is 15.1. The Hall–Kier alpha value is -10.9. The summed E-state index contributed by atoms with van der Waals surface area (Å²) in [5, 5.41) is 52.1. The summed E-state index contributed by atoms with van der Waals surface area (Å²) in [5.74, 6) is -10.3. The lowest BCUT2D eigenvalue weighted by atomic mass is 9.86. The zero-order chi connectivity index (χ0) is 84.3. The smallest absolute Gasteiger partial charge is 0.317 e. The molecule has 16 N–H and O–H groups in total. The van der Waals surface area contributed by atoms with Crippen LogP contribution >= 0.6 is 11.8 Å². The molecule has 116 heavy (non-hydrogen) atoms. The fourth-order valence-corrected chi connectivity index (χ4v) is 15.2. The van der Waals surface area contributed by atoms with Crippen molar-refractivity contribution in [2.75, 3.05) is 123 Å². The van der Waals surface area contributed by atoms with Crippen LogP contribution in [0.4, 0.5) is 0 Å². The van der Waals surface area contributed by atoms with E-state index in [0.29, 0.717) is 54.2 Å². The normalized spacial score (nSPS) is 17.8. The van der Waals surface area contributed by atoms with Crippen molar-refractivity contribution in [2.45, 2.75) is 141 Å². The number of nitrogens with two attached hydrogens (primary N) is 1. The number of thioether (sulfide) groups is 1. The molecule has 0 radical (unpaired) electrons. The Kier molecular flexibility index (Phi) is 34.2. The number of carbonyl (C=O) groups is 14. The molecule has 3 fully saturated rings. The van der Waals surface area contributed by atoms with E-state index in [9.17, 15) is 77.6 Å². The molecule has 0 saturated carbocycles. The number of likely N-dealkylation sites (N-methyl/N-ethyl adjacent to an activating group) is 1. The van der Waals surface area contributed by atoms with Gasteiger partial charge < -0.3 is 88.3 Å². The molecule has 8 rings (SSSR count). The number of amides is 11. The number of aromatic nitrogens is 5. The van der Waals surface area contributed by atoms with Gasteiger partial charge in [-0.25, -0.2) is 9.97 Å². The summed E-state index contributed by atoms with van der Waals surface area (Å²) in [6, 6.07) is 5.80. The minimum absolute atomic E-state index is 0.0124. The number of hydrogen-bond acceptors (Lipinski definition) is 22. The van der Waals surface area contributed by atoms with Gasteiger partial charge in [-0.15, -0.1) is 11.8 Å². The van der Waals surface area contributed by atoms with Crippen LogP contribution in [0.5, 0.6) is 0 Å². The second-order valence-electron chi connectivity index (χ2n) is 31.2. The molecular formula is C77H111N21O17S. The molecule has 5 aromatic rings. The number of imidazole rings is 2. The van der Waals surface area contributed by atoms with Crippen molar-refractivity contribution in [3.8, 4) is 0 Å². The van der Waals surface area contributed by atoms with Crippen molar-refractivity contribution in [1.29, 1.82) is 0 Å². The lowest BCUT2D eigenvalue weighted by Gasteiger charge is -2.34. The summed E-state index contributed by atoms with van der Waals surface area (Å²) in [4.78, 5) is 220. The van der Waals surface area contributed by atoms with E-state index in [-0.39, 0.29) is 141 Å². The number of nitrogens with one attached hydrogen (secondary N) is 11. The van der Waals surface area contributed by atoms with Crippen LogP contribution in [0.15, 0.2) is 85.8 Å². The predicted molar refractivity (Wildman–Crippen MR) is 426 cm³/mol. The van der Waals surface area contributed by atoms with Crippen molar-refractivity contribution in [3.05, 3.63) is 108 Å². The van der Waals surface area contributed by atoms with Gasteiger partial charge in [-0.3, -0.25) is 91.6 Å². The fourth-order valence-electron chi connectivity index (χ4n) is 14.1. The molecule has 632 valence electrons. The van der Waals surface area contributed by atoms with E-state index in [0.717, 1.165) is 15.8 Å². The molecule has 3 aliphatic rings. The number of para-hydroxylation sites is 1. The molecule has 0 bridgehead atoms. The van der Waals surface area contributed by atoms with Crippen LogP contribution in [0, 0.1) is 11.3 Å². The number of carboxylic acid groups (broad SMARTS) is 3. The van der Waals surface area contributed by atoms with Crippen LogP contribution in [0.3, 0.4) is 0 Å². The summed E-state index contributed by atoms with van der Waals surface area (Å²) in [7, 11) is 1.36. The largest absolute Gasteiger partial charge is 0.480 e. The van der Waals surface area contributed by atoms with E-state index >= 15 is 4.79 Å². The van der Waals surface area contributed by atoms with E-state index in [1.165, 1.54) is 55.7 Å². The van der Waals surface area contributed by atoms with Crippen molar-refractivity contribution < 1.29 is 82.4 Å². The van der Waals surface area contributed by atoms with Gasteiger partial charge in [-0.05, 0) is 54.7 Å². The first kappa shape index (κ1) is 90.7. The Morgan fingerprint density at radius 2 is 1.06 bits per heavy atom. The highest BCUT2D eigenvalue weighted by Gasteiger charge is 2.41. The number of carbonyl (C=O) groups excluding carboxylic acids is 11. The first-order chi connectivity index (χ1) is 55.2. The lowest BCUT2D eigenvalue weighted by molar-refractivity contribution is -0.143. The van der Waals surface area contributed by atoms with E-state index in [2.05, 4.69) is 67.5 Å². The maximum absolute atomic E-state index is 15.1. The van der Waals surface area contributed by atoms with Gasteiger partial charge in [0.15, 0.2) is 0 Å². The van der Waals surface area contributed by atoms with Crippen LogP contribution in [0.1, 0.15) is 83.3 Å². The van der Waals surface area contributed by atoms with Crippen molar-refractivity contribution in [3.63, 3.8) is 0 Å². The molecule has 8 atom stereocenters. The van der Waals surface area contributed by atoms with Gasteiger partial charge in [0.25, 0.3) is 0 Å². The standard InChI is InChI=1S/C77H111N21O17S/c1-47(2)29-59(76(115)98-46-116-43-61(98)69(78)108)90-74(113)60(33-53-36-80-45-84-53)92(7)64(101)37-82-75(114)68(77(4,5)6)91-70(109)48(3)85-71(110)57(31-50-34-81-55-16-12-11-15-54(50)55)88-73(112)58(32-52-35-79-44-83-52)89-72(111)56(30-49-13-9-8-10-14-49)87-63(100)39-93-19-17-51(18-20-93)86-62(99)38-94-21-23-95(40-65(102)103)25-27-97(42-67(106)107)28-26-96(24-22-94)41-66(104)105/h8-16,34-36,44-45,47-48,51,56-61,68,81H,17-33,37-43,46H2,1-7H3,(H2,78,108)(H,79,83)(H,80,84)(H,82,114)(H,85,110)(H,86,99)(H,87,100)(H,88,112)(H,89,111)(H,90,113)(H,91,109)(H,102,103)(H,104,105)(H,106,107)/t48-,56+,57-,58-,59-,60-,61-,68+/m0/s1. The van der Waals surface area contributed by atoms with E-state index in [1.54, 1.807) is 78.1 Å². The third kappa shape index (κ3) is 28.5. The minimum Gasteiger partial charge on any atom is -0.480 e. The number of piperidine rings is 1. The molecule has 2 aromatic carbocycles. The van der Waals surface area contributed by atoms with Crippen LogP contribution in [0.2, 0.25) is 0 Å². The van der Waals surface area contributed by atoms with E-state index in [1.807, 2.05) is 41.8 Å². The Morgan fingerprint density at radius 1 is 0.560 bits per heavy atom. The summed E-state index contributed by atoms with van der Waals surface area (Å²) in [6.07, 6.45) is 8.07. The molecule has 0 unspecified atom stereocenters. The highest BCUT2D eigenvalue weighted by Crippen LogP contribution is 2.25. The van der Waals surface area contributed by atoms with Gasteiger partial charge in [-0.2, -0.15) is 0 Å². The Labute approximate surface area is 676 Å². The van der Waals surface area contributed by atoms with Crippen LogP contribution in [-0.4, -0.2) is 335 Å². The quantitative estimate of drug-likeness (QED) is 0.0191. The average molecular weight is 1630 g/mol. The Morgan fingerprint density at radius 3 is 1.59 bits per heavy atom. The number of carboxylic acids is 3. The summed E-state index contributed by atoms with van der Waals surface area (Å²) in [5.41, 5.74) is 7.49. The maximum Gasteiger partial charge on any atom is 0.317 e. The Balaban J connectivity index is 0.907. The van der Waals surface area contributed by atoms with Crippen LogP contribution in [-0.2, 0) is 92.8 Å². The summed E-state index contributed by atoms with van der Waals surface area (Å²) >= 11 is 1.35. The number of aliphatic carboxylic acids is 3. The number of hydrogen-bond donors (Lipinski definition) is 15. The third-order valence-electron chi connectivity index (χ3n) is 20.5. The summed E-state index contributed by atoms with van der Waals surface area (Å²) < 4.78 is 0. The Bertz CT molecular complexity index is 4140. The number of primary amides is 1. The number of benzene rings is 2. The molecule has 3 aromatic heterocycles. The molecule has 0 aliphatic carbocycles. The van der Waals surface area contributed by atoms with Gasteiger partial charge in [0, 0.05) is 151 Å². The van der Waals surface area contributed by atoms with Crippen LogP contribution in [0.25, 0.3) is 10.9 Å². The van der Waals surface area contributed by atoms with E-state index < -0.39 is 137 Å². The number of H-pyrrole nitrogens is 3. The second-order valence-corrected chi connectivity index (χ2v) is 32.2. The number of fused-ring (bicyclic) bond motifs is 1. The zero-order valence-electron chi connectivity index (χ0n) is 66.6. The second kappa shape index (κ2) is 43.7. The van der Waals surface area contributed by atoms with E-state index in [4.69, 9.17) is 5.73 Å². The first-order valence-corrected chi connectivity index (χ1v) is 39.9. The SMILES string of the molecule is CC(C)C[C@H](NC(=O)[C@H](Cc1cnc[nH]1)N(C)C(=O)CNC(=O)[C@@H](NC(=O)[C@H](C)NC(=O)[C@H](Cc1c[nH]c2ccccc12)NC(=O)[C@H](Cc1cnc[nH]1)NC(=O)[C@@H](Cc1ccccc1)NC(=O)CN1CCC(NC(=O)CN2CCN(CC(=O)O)CCN(CC(=O)O)CCN(CC(=O)O)CC2)CC1)C(C)(C)C)C(=O)N1CSC[C@H]1C(N)=O. The van der Waals surface area contributed by atoms with Gasteiger partial charge in [0.05, 0.1) is 57.8 Å². The van der Waals surface area contributed by atoms with Gasteiger partial charge >= 0.3 is 17.9 Å². The topological polar surface area (TPSA) is 518 Å². The average Bonchev–Trinajstić information content (AvgIpc) is 1.65. The molecule has 0 spiro atoms. The molecule has 11 amide bonds. The van der Waals surface area contributed by atoms with Gasteiger partial charge in [0.2, 0.25) is 65.0 Å². The van der Waals surface area contributed by atoms with Gasteiger partial charge in [0.1, 0.15) is 48.3 Å². The fraction of sp³-hybridized carbons (Fsp3) is 0.558. The molecule has 3 aliphatic heterocycles. The molecule has 6 heterocycles. The highest BCUT2D eigenvalue weighted by atomic mass is 32.2. The molecular weight excluding hydrogens is 1520 g/mol. The third-order valence-corrected chi connectivity index (χ3v) is 21.5. The zero-order valence-corrected chi connectivity index (χ0v) is 67.4. The molecule has 38 nitrogen and oxygen atoms in total. The van der Waals surface area contributed by atoms with Crippen molar-refractivity contribution in [1.82, 2.24) is 102 Å². The monoisotopic (exact) mass is 1630 g/mol. The number of aromatic amines is 3. The number of rotatable bonds is 38. The predicted octanol–water partition coefficient (Wildman–Crippen LogP) is -2.71. The minimum atomic E-state index is -1.44. The first-order valence-electron chi connectivity index (χ1n) is 38.8. The lowest BCUT2D eigenvalue weighted by Crippen LogP contribution is -2.61. The molecule has 39 heteroatoms. The van der Waals surface area contributed by atoms with Gasteiger partial charge in [-0.1, -0.05) is 83.1 Å². The number of likely N-dealkylation sites (tertiary alicyclic amines) is 1. The number of nitrogens with zero attached hydrogens (tertiary/aromatic N) is 9. The van der Waals surface area contributed by atoms with Crippen molar-refractivity contribution in [2.24, 2.45) is 17.1 Å². The molecule has 3 saturated heterocycles. The van der Waals surface area contributed by atoms with Crippen molar-refractivity contribution >= 4 is 106 Å².